The molecule has 8 heteroatoms. The van der Waals surface area contributed by atoms with Crippen LogP contribution in [0.2, 0.25) is 10.2 Å². The zero-order chi connectivity index (χ0) is 14.0. The minimum Gasteiger partial charge on any atom is -0.437 e. The van der Waals surface area contributed by atoms with Gasteiger partial charge in [0.1, 0.15) is 17.2 Å². The molecule has 0 radical (unpaired) electrons. The smallest absolute Gasteiger partial charge is 0.271 e. The first kappa shape index (κ1) is 13.5. The van der Waals surface area contributed by atoms with Gasteiger partial charge in [-0.25, -0.2) is 9.97 Å². The van der Waals surface area contributed by atoms with Crippen LogP contribution in [0.1, 0.15) is 5.56 Å². The minimum atomic E-state index is -0.539. The molecule has 1 aromatic heterocycles. The van der Waals surface area contributed by atoms with Gasteiger partial charge in [0.05, 0.1) is 9.95 Å². The largest absolute Gasteiger partial charge is 0.437 e. The molecule has 0 fully saturated rings. The third-order valence-corrected chi connectivity index (χ3v) is 2.99. The second-order valence-electron chi connectivity index (χ2n) is 3.57. The molecule has 6 nitrogen and oxygen atoms in total. The maximum Gasteiger partial charge on any atom is 0.271 e. The fraction of sp³-hybridized carbons (Fsp3) is 0.0909. The van der Waals surface area contributed by atoms with E-state index in [1.165, 1.54) is 24.5 Å². The maximum atomic E-state index is 10.6. The van der Waals surface area contributed by atoms with E-state index in [0.717, 1.165) is 0 Å². The average Bonchev–Trinajstić information content (AvgIpc) is 2.37. The van der Waals surface area contributed by atoms with Crippen molar-refractivity contribution in [1.29, 1.82) is 0 Å². The first-order valence-electron chi connectivity index (χ1n) is 5.08. The number of nitrogens with zero attached hydrogens (tertiary/aromatic N) is 3. The summed E-state index contributed by atoms with van der Waals surface area (Å²) in [6, 6.07) is 3.89. The lowest BCUT2D eigenvalue weighted by atomic mass is 10.3. The Hall–Kier alpha value is -1.92. The van der Waals surface area contributed by atoms with Crippen molar-refractivity contribution < 1.29 is 9.66 Å². The van der Waals surface area contributed by atoms with Crippen molar-refractivity contribution in [2.24, 2.45) is 0 Å². The van der Waals surface area contributed by atoms with Crippen LogP contribution in [0.4, 0.5) is 5.69 Å². The van der Waals surface area contributed by atoms with Crippen LogP contribution < -0.4 is 4.74 Å². The molecule has 0 atom stereocenters. The monoisotopic (exact) mass is 299 g/mol. The Bertz CT molecular complexity index is 649. The molecule has 19 heavy (non-hydrogen) atoms. The summed E-state index contributed by atoms with van der Waals surface area (Å²) in [7, 11) is 0. The van der Waals surface area contributed by atoms with Crippen LogP contribution in [-0.2, 0) is 0 Å². The van der Waals surface area contributed by atoms with Crippen molar-refractivity contribution in [2.45, 2.75) is 6.92 Å². The van der Waals surface area contributed by atoms with Crippen LogP contribution in [0.15, 0.2) is 24.5 Å². The molecule has 0 amide bonds. The predicted molar refractivity (Wildman–Crippen MR) is 70.0 cm³/mol. The Morgan fingerprint density at radius 2 is 2.05 bits per heavy atom. The van der Waals surface area contributed by atoms with Gasteiger partial charge in [-0.3, -0.25) is 10.1 Å². The Kier molecular flexibility index (Phi) is 3.82. The fourth-order valence-corrected chi connectivity index (χ4v) is 1.64. The number of aromatic nitrogens is 2. The zero-order valence-electron chi connectivity index (χ0n) is 9.63. The minimum absolute atomic E-state index is 0.114. The fourth-order valence-electron chi connectivity index (χ4n) is 1.31. The average molecular weight is 300 g/mol. The molecule has 2 aromatic rings. The number of ether oxygens (including phenoxy) is 1. The molecule has 0 saturated carbocycles. The van der Waals surface area contributed by atoms with Crippen molar-refractivity contribution in [3.63, 3.8) is 0 Å². The summed E-state index contributed by atoms with van der Waals surface area (Å²) in [6.45, 7) is 1.69. The first-order chi connectivity index (χ1) is 8.99. The van der Waals surface area contributed by atoms with E-state index in [1.807, 2.05) is 0 Å². The molecular weight excluding hydrogens is 293 g/mol. The number of hydrogen-bond acceptors (Lipinski definition) is 5. The molecule has 0 N–H and O–H groups in total. The van der Waals surface area contributed by atoms with E-state index in [-0.39, 0.29) is 27.5 Å². The lowest BCUT2D eigenvalue weighted by Crippen LogP contribution is -1.95. The van der Waals surface area contributed by atoms with Gasteiger partial charge >= 0.3 is 0 Å². The summed E-state index contributed by atoms with van der Waals surface area (Å²) in [4.78, 5) is 17.8. The van der Waals surface area contributed by atoms with E-state index in [4.69, 9.17) is 27.9 Å². The number of non-ortho nitro benzene ring substituents is 1. The molecule has 2 rings (SSSR count). The van der Waals surface area contributed by atoms with E-state index in [2.05, 4.69) is 9.97 Å². The van der Waals surface area contributed by atoms with Crippen molar-refractivity contribution in [3.05, 3.63) is 50.4 Å². The van der Waals surface area contributed by atoms with E-state index in [0.29, 0.717) is 5.56 Å². The van der Waals surface area contributed by atoms with Crippen molar-refractivity contribution in [1.82, 2.24) is 9.97 Å². The van der Waals surface area contributed by atoms with Crippen LogP contribution in [0.5, 0.6) is 11.6 Å². The number of nitro groups is 1. The SMILES string of the molecule is Cc1c(Cl)ncnc1Oc1ccc([N+](=O)[O-])cc1Cl. The van der Waals surface area contributed by atoms with Gasteiger partial charge in [-0.15, -0.1) is 0 Å². The molecule has 0 saturated heterocycles. The summed E-state index contributed by atoms with van der Waals surface area (Å²) in [6.07, 6.45) is 1.25. The van der Waals surface area contributed by atoms with Gasteiger partial charge in [0, 0.05) is 17.7 Å². The number of rotatable bonds is 3. The second kappa shape index (κ2) is 5.38. The van der Waals surface area contributed by atoms with Crippen LogP contribution in [-0.4, -0.2) is 14.9 Å². The van der Waals surface area contributed by atoms with Crippen molar-refractivity contribution >= 4 is 28.9 Å². The normalized spacial score (nSPS) is 10.3. The van der Waals surface area contributed by atoms with E-state index < -0.39 is 4.92 Å². The Morgan fingerprint density at radius 3 is 2.68 bits per heavy atom. The topological polar surface area (TPSA) is 78.2 Å². The molecular formula is C11H7Cl2N3O3. The van der Waals surface area contributed by atoms with Crippen LogP contribution in [0.3, 0.4) is 0 Å². The standard InChI is InChI=1S/C11H7Cl2N3O3/c1-6-10(13)14-5-15-11(6)19-9-3-2-7(16(17)18)4-8(9)12/h2-5H,1H3. The van der Waals surface area contributed by atoms with Gasteiger partial charge in [-0.05, 0) is 13.0 Å². The zero-order valence-corrected chi connectivity index (χ0v) is 11.1. The van der Waals surface area contributed by atoms with Gasteiger partial charge in [-0.1, -0.05) is 23.2 Å². The van der Waals surface area contributed by atoms with Gasteiger partial charge < -0.3 is 4.74 Å². The van der Waals surface area contributed by atoms with Gasteiger partial charge in [0.15, 0.2) is 0 Å². The Morgan fingerprint density at radius 1 is 1.32 bits per heavy atom. The van der Waals surface area contributed by atoms with E-state index in [9.17, 15) is 10.1 Å². The molecule has 0 unspecified atom stereocenters. The molecule has 98 valence electrons. The summed E-state index contributed by atoms with van der Waals surface area (Å²) in [5.74, 6) is 0.501. The quantitative estimate of drug-likeness (QED) is 0.489. The lowest BCUT2D eigenvalue weighted by Gasteiger charge is -2.08. The molecule has 1 aromatic carbocycles. The van der Waals surface area contributed by atoms with Gasteiger partial charge in [-0.2, -0.15) is 0 Å². The maximum absolute atomic E-state index is 10.6. The highest BCUT2D eigenvalue weighted by Crippen LogP contribution is 2.33. The third kappa shape index (κ3) is 2.91. The molecule has 0 bridgehead atoms. The summed E-state index contributed by atoms with van der Waals surface area (Å²) >= 11 is 11.7. The summed E-state index contributed by atoms with van der Waals surface area (Å²) in [5, 5.41) is 11.0. The van der Waals surface area contributed by atoms with Crippen molar-refractivity contribution in [2.75, 3.05) is 0 Å². The van der Waals surface area contributed by atoms with Gasteiger partial charge in [0.25, 0.3) is 5.69 Å². The Labute approximate surface area is 118 Å². The number of halogens is 2. The summed E-state index contributed by atoms with van der Waals surface area (Å²) < 4.78 is 5.47. The molecule has 0 aliphatic carbocycles. The third-order valence-electron chi connectivity index (χ3n) is 2.31. The highest BCUT2D eigenvalue weighted by atomic mass is 35.5. The van der Waals surface area contributed by atoms with Crippen LogP contribution in [0.25, 0.3) is 0 Å². The van der Waals surface area contributed by atoms with E-state index >= 15 is 0 Å². The van der Waals surface area contributed by atoms with Crippen LogP contribution in [0, 0.1) is 17.0 Å². The number of benzene rings is 1. The number of hydrogen-bond donors (Lipinski definition) is 0. The Balaban J connectivity index is 2.34. The first-order valence-corrected chi connectivity index (χ1v) is 5.83. The molecule has 0 aliphatic heterocycles. The molecule has 0 aliphatic rings. The molecule has 1 heterocycles. The highest BCUT2D eigenvalue weighted by Gasteiger charge is 2.13. The molecule has 0 spiro atoms. The van der Waals surface area contributed by atoms with Gasteiger partial charge in [0.2, 0.25) is 5.88 Å². The highest BCUT2D eigenvalue weighted by molar-refractivity contribution is 6.32. The summed E-state index contributed by atoms with van der Waals surface area (Å²) in [5.41, 5.74) is 0.438. The van der Waals surface area contributed by atoms with Crippen molar-refractivity contribution in [3.8, 4) is 11.6 Å². The predicted octanol–water partition coefficient (Wildman–Crippen LogP) is 3.79. The van der Waals surface area contributed by atoms with Crippen LogP contribution >= 0.6 is 23.2 Å². The lowest BCUT2D eigenvalue weighted by molar-refractivity contribution is -0.384. The number of nitro benzene ring substituents is 1. The second-order valence-corrected chi connectivity index (χ2v) is 4.33. The van der Waals surface area contributed by atoms with E-state index in [1.54, 1.807) is 6.92 Å².